The molecule has 2 unspecified atom stereocenters. The molecule has 2 N–H and O–H groups in total. The molecule has 4 bridgehead atoms. The zero-order valence-corrected chi connectivity index (χ0v) is 14.1. The van der Waals surface area contributed by atoms with Gasteiger partial charge < -0.3 is 20.1 Å². The maximum absolute atomic E-state index is 9.03. The Morgan fingerprint density at radius 3 is 2.80 bits per heavy atom. The summed E-state index contributed by atoms with van der Waals surface area (Å²) < 4.78 is 10.7. The quantitative estimate of drug-likeness (QED) is 0.503. The molecule has 1 aliphatic heterocycles. The summed E-state index contributed by atoms with van der Waals surface area (Å²) in [6.07, 6.45) is 8.81. The Bertz CT molecular complexity index is 755. The molecule has 0 aromatic heterocycles. The number of aliphatic imine (C=N–C) groups is 1. The summed E-state index contributed by atoms with van der Waals surface area (Å²) in [6, 6.07) is 5.65. The second kappa shape index (κ2) is 5.55. The summed E-state index contributed by atoms with van der Waals surface area (Å²) in [7, 11) is 0. The van der Waals surface area contributed by atoms with Crippen molar-refractivity contribution in [1.82, 2.24) is 5.32 Å². The molecular weight excluding hydrogens is 316 g/mol. The van der Waals surface area contributed by atoms with E-state index in [1.165, 1.54) is 32.1 Å². The van der Waals surface area contributed by atoms with E-state index in [4.69, 9.17) is 14.7 Å². The lowest BCUT2D eigenvalue weighted by Crippen LogP contribution is -2.41. The van der Waals surface area contributed by atoms with Gasteiger partial charge in [-0.25, -0.2) is 0 Å². The first-order valence-electron chi connectivity index (χ1n) is 9.11. The fourth-order valence-corrected chi connectivity index (χ4v) is 5.79. The number of hydrogen-bond donors (Lipinski definition) is 2. The van der Waals surface area contributed by atoms with Crippen LogP contribution in [0.1, 0.15) is 32.1 Å². The van der Waals surface area contributed by atoms with E-state index < -0.39 is 0 Å². The van der Waals surface area contributed by atoms with Crippen molar-refractivity contribution in [1.29, 1.82) is 5.26 Å². The van der Waals surface area contributed by atoms with Gasteiger partial charge in [-0.3, -0.25) is 0 Å². The number of nitrogens with one attached hydrogen (secondary N) is 2. The maximum Gasteiger partial charge on any atom is 0.231 e. The molecule has 0 radical (unpaired) electrons. The number of fused-ring (bicyclic) bond motifs is 1. The van der Waals surface area contributed by atoms with Gasteiger partial charge in [0.05, 0.1) is 0 Å². The molecule has 0 saturated heterocycles. The second-order valence-electron chi connectivity index (χ2n) is 8.01. The number of guanidine groups is 1. The summed E-state index contributed by atoms with van der Waals surface area (Å²) in [5.74, 6) is 4.69. The van der Waals surface area contributed by atoms with E-state index >= 15 is 0 Å². The SMILES string of the molecule is N#C/N=C(\NCC12CC3CC(CC1C3)C2)Nc1ccc2c(c1)OCO2. The number of rotatable bonds is 3. The van der Waals surface area contributed by atoms with Crippen molar-refractivity contribution >= 4 is 11.6 Å². The number of nitrogens with zero attached hydrogens (tertiary/aromatic N) is 2. The van der Waals surface area contributed by atoms with Crippen LogP contribution < -0.4 is 20.1 Å². The van der Waals surface area contributed by atoms with Crippen LogP contribution in [-0.4, -0.2) is 19.3 Å². The molecule has 1 heterocycles. The van der Waals surface area contributed by atoms with E-state index in [0.717, 1.165) is 35.7 Å². The van der Waals surface area contributed by atoms with Crippen LogP contribution in [0.4, 0.5) is 5.69 Å². The predicted molar refractivity (Wildman–Crippen MR) is 93.2 cm³/mol. The van der Waals surface area contributed by atoms with Crippen LogP contribution >= 0.6 is 0 Å². The second-order valence-corrected chi connectivity index (χ2v) is 8.01. The van der Waals surface area contributed by atoms with E-state index in [2.05, 4.69) is 15.6 Å². The molecule has 25 heavy (non-hydrogen) atoms. The summed E-state index contributed by atoms with van der Waals surface area (Å²) >= 11 is 0. The van der Waals surface area contributed by atoms with Crippen LogP contribution in [-0.2, 0) is 0 Å². The van der Waals surface area contributed by atoms with Crippen LogP contribution in [0.15, 0.2) is 23.2 Å². The fraction of sp³-hybridized carbons (Fsp3) is 0.579. The Labute approximate surface area is 147 Å². The molecule has 5 aliphatic rings. The van der Waals surface area contributed by atoms with E-state index in [-0.39, 0.29) is 6.79 Å². The Hall–Kier alpha value is -2.42. The van der Waals surface area contributed by atoms with Crippen molar-refractivity contribution in [3.05, 3.63) is 18.2 Å². The highest BCUT2D eigenvalue weighted by atomic mass is 16.7. The number of anilines is 1. The standard InChI is InChI=1S/C19H22N4O2/c20-10-22-18(23-15-1-2-16-17(6-15)25-11-24-16)21-9-19-7-12-3-13(8-19)5-14(19)4-12/h1-2,6,12-14H,3-5,7-9,11H2,(H2,21,22,23). The van der Waals surface area contributed by atoms with E-state index in [1.54, 1.807) is 0 Å². The van der Waals surface area contributed by atoms with E-state index in [0.29, 0.717) is 17.1 Å². The molecule has 130 valence electrons. The van der Waals surface area contributed by atoms with Gasteiger partial charge in [-0.15, -0.1) is 4.99 Å². The minimum Gasteiger partial charge on any atom is -0.454 e. The van der Waals surface area contributed by atoms with Crippen LogP contribution in [0.3, 0.4) is 0 Å². The third kappa shape index (κ3) is 2.50. The van der Waals surface area contributed by atoms with Gasteiger partial charge >= 0.3 is 0 Å². The number of hydrogen-bond acceptors (Lipinski definition) is 4. The molecular formula is C19H22N4O2. The Morgan fingerprint density at radius 2 is 2.00 bits per heavy atom. The number of benzene rings is 1. The molecule has 6 heteroatoms. The largest absolute Gasteiger partial charge is 0.454 e. The molecule has 0 spiro atoms. The summed E-state index contributed by atoms with van der Waals surface area (Å²) in [5.41, 5.74) is 1.25. The molecule has 2 atom stereocenters. The minimum absolute atomic E-state index is 0.252. The predicted octanol–water partition coefficient (Wildman–Crippen LogP) is 3.08. The highest BCUT2D eigenvalue weighted by molar-refractivity contribution is 5.94. The molecule has 0 amide bonds. The lowest BCUT2D eigenvalue weighted by Gasteiger charge is -2.33. The molecule has 1 aromatic rings. The minimum atomic E-state index is 0.252. The third-order valence-corrected chi connectivity index (χ3v) is 6.56. The average Bonchev–Trinajstić information content (AvgIpc) is 3.22. The first kappa shape index (κ1) is 14.9. The van der Waals surface area contributed by atoms with Crippen LogP contribution in [0.2, 0.25) is 0 Å². The normalized spacial score (nSPS) is 34.2. The highest BCUT2D eigenvalue weighted by Gasteiger charge is 2.57. The highest BCUT2D eigenvalue weighted by Crippen LogP contribution is 2.65. The average molecular weight is 338 g/mol. The monoisotopic (exact) mass is 338 g/mol. The Balaban J connectivity index is 1.28. The molecule has 4 saturated carbocycles. The van der Waals surface area contributed by atoms with E-state index in [1.807, 2.05) is 24.4 Å². The van der Waals surface area contributed by atoms with Crippen molar-refractivity contribution in [2.75, 3.05) is 18.7 Å². The van der Waals surface area contributed by atoms with Crippen LogP contribution in [0, 0.1) is 34.6 Å². The molecule has 6 nitrogen and oxygen atoms in total. The molecule has 4 aliphatic carbocycles. The van der Waals surface area contributed by atoms with Crippen molar-refractivity contribution in [2.24, 2.45) is 28.2 Å². The van der Waals surface area contributed by atoms with Gasteiger partial charge in [0.25, 0.3) is 0 Å². The summed E-state index contributed by atoms with van der Waals surface area (Å²) in [6.45, 7) is 1.16. The summed E-state index contributed by atoms with van der Waals surface area (Å²) in [4.78, 5) is 3.94. The lowest BCUT2D eigenvalue weighted by atomic mass is 9.75. The molecule has 6 rings (SSSR count). The maximum atomic E-state index is 9.03. The zero-order valence-electron chi connectivity index (χ0n) is 14.1. The van der Waals surface area contributed by atoms with Gasteiger partial charge in [0, 0.05) is 18.3 Å². The van der Waals surface area contributed by atoms with Gasteiger partial charge in [0.2, 0.25) is 18.9 Å². The molecule has 1 aromatic carbocycles. The van der Waals surface area contributed by atoms with Gasteiger partial charge in [-0.1, -0.05) is 0 Å². The smallest absolute Gasteiger partial charge is 0.231 e. The number of ether oxygens (including phenoxy) is 2. The topological polar surface area (TPSA) is 78.7 Å². The fourth-order valence-electron chi connectivity index (χ4n) is 5.79. The summed E-state index contributed by atoms with van der Waals surface area (Å²) in [5, 5.41) is 15.7. The van der Waals surface area contributed by atoms with Crippen molar-refractivity contribution < 1.29 is 9.47 Å². The Kier molecular flexibility index (Phi) is 3.30. The first-order chi connectivity index (χ1) is 12.2. The molecule has 4 fully saturated rings. The Morgan fingerprint density at radius 1 is 1.20 bits per heavy atom. The van der Waals surface area contributed by atoms with E-state index in [9.17, 15) is 0 Å². The third-order valence-electron chi connectivity index (χ3n) is 6.56. The van der Waals surface area contributed by atoms with Crippen LogP contribution in [0.5, 0.6) is 11.5 Å². The van der Waals surface area contributed by atoms with Crippen molar-refractivity contribution in [3.63, 3.8) is 0 Å². The van der Waals surface area contributed by atoms with Gasteiger partial charge in [-0.05, 0) is 67.4 Å². The lowest BCUT2D eigenvalue weighted by molar-refractivity contribution is 0.174. The van der Waals surface area contributed by atoms with Crippen LogP contribution in [0.25, 0.3) is 0 Å². The van der Waals surface area contributed by atoms with Gasteiger partial charge in [0.1, 0.15) is 0 Å². The zero-order chi connectivity index (χ0) is 16.9. The van der Waals surface area contributed by atoms with Crippen molar-refractivity contribution in [3.8, 4) is 17.7 Å². The van der Waals surface area contributed by atoms with Crippen molar-refractivity contribution in [2.45, 2.75) is 32.1 Å². The number of nitriles is 1. The van der Waals surface area contributed by atoms with Gasteiger partial charge in [-0.2, -0.15) is 5.26 Å². The van der Waals surface area contributed by atoms with Gasteiger partial charge in [0.15, 0.2) is 11.5 Å². The first-order valence-corrected chi connectivity index (χ1v) is 9.11.